The van der Waals surface area contributed by atoms with Crippen LogP contribution >= 0.6 is 23.1 Å². The van der Waals surface area contributed by atoms with Gasteiger partial charge in [0, 0.05) is 37.1 Å². The summed E-state index contributed by atoms with van der Waals surface area (Å²) in [7, 11) is 0. The molecule has 0 amide bonds. The van der Waals surface area contributed by atoms with E-state index in [2.05, 4.69) is 20.4 Å². The highest BCUT2D eigenvalue weighted by molar-refractivity contribution is 8.01. The van der Waals surface area contributed by atoms with Crippen molar-refractivity contribution < 1.29 is 4.39 Å². The van der Waals surface area contributed by atoms with E-state index in [1.165, 1.54) is 12.1 Å². The first-order valence-electron chi connectivity index (χ1n) is 7.87. The monoisotopic (exact) mass is 352 g/mol. The van der Waals surface area contributed by atoms with Crippen LogP contribution in [0.25, 0.3) is 0 Å². The minimum atomic E-state index is -0.173. The first-order valence-corrected chi connectivity index (χ1v) is 9.68. The molecule has 2 aromatic rings. The number of anilines is 1. The average Bonchev–Trinajstić information content (AvgIpc) is 2.98. The molecule has 124 valence electrons. The Labute approximate surface area is 144 Å². The molecule has 23 heavy (non-hydrogen) atoms. The van der Waals surface area contributed by atoms with Crippen molar-refractivity contribution in [2.45, 2.75) is 30.1 Å². The highest BCUT2D eigenvalue weighted by Gasteiger charge is 2.18. The van der Waals surface area contributed by atoms with Gasteiger partial charge in [0.2, 0.25) is 0 Å². The number of benzene rings is 1. The third kappa shape index (κ3) is 4.89. The van der Waals surface area contributed by atoms with E-state index >= 15 is 0 Å². The van der Waals surface area contributed by atoms with Crippen molar-refractivity contribution in [1.29, 1.82) is 0 Å². The van der Waals surface area contributed by atoms with Gasteiger partial charge in [-0.1, -0.05) is 23.1 Å². The van der Waals surface area contributed by atoms with Crippen LogP contribution in [-0.2, 0) is 0 Å². The van der Waals surface area contributed by atoms with Crippen molar-refractivity contribution >= 4 is 28.8 Å². The molecule has 0 aliphatic carbocycles. The number of aryl methyl sites for hydroxylation is 1. The average molecular weight is 353 g/mol. The predicted octanol–water partition coefficient (Wildman–Crippen LogP) is 3.34. The molecule has 3 rings (SSSR count). The predicted molar refractivity (Wildman–Crippen MR) is 95.0 cm³/mol. The van der Waals surface area contributed by atoms with Crippen LogP contribution in [-0.4, -0.2) is 41.6 Å². The molecule has 0 bridgehead atoms. The Bertz CT molecular complexity index is 609. The van der Waals surface area contributed by atoms with Crippen molar-refractivity contribution in [2.75, 3.05) is 30.3 Å². The van der Waals surface area contributed by atoms with Crippen LogP contribution < -0.4 is 10.2 Å². The van der Waals surface area contributed by atoms with Crippen molar-refractivity contribution in [3.63, 3.8) is 0 Å². The number of nitrogens with one attached hydrogen (secondary N) is 1. The largest absolute Gasteiger partial charge is 0.371 e. The number of thioether (sulfide) groups is 1. The molecule has 0 spiro atoms. The summed E-state index contributed by atoms with van der Waals surface area (Å²) in [6.45, 7) is 5.01. The number of rotatable bonds is 6. The lowest BCUT2D eigenvalue weighted by molar-refractivity contribution is 0.425. The normalized spacial score (nSPS) is 16.0. The first kappa shape index (κ1) is 16.7. The van der Waals surface area contributed by atoms with E-state index in [9.17, 15) is 4.39 Å². The zero-order chi connectivity index (χ0) is 16.1. The molecule has 1 aromatic carbocycles. The summed E-state index contributed by atoms with van der Waals surface area (Å²) in [5.74, 6) is 0.848. The molecule has 4 nitrogen and oxygen atoms in total. The Kier molecular flexibility index (Phi) is 5.85. The number of piperidine rings is 1. The molecule has 1 aliphatic rings. The summed E-state index contributed by atoms with van der Waals surface area (Å²) in [6.07, 6.45) is 2.25. The van der Waals surface area contributed by atoms with Gasteiger partial charge in [-0.05, 0) is 44.0 Å². The van der Waals surface area contributed by atoms with Gasteiger partial charge in [-0.3, -0.25) is 0 Å². The molecule has 1 N–H and O–H groups in total. The standard InChI is InChI=1S/C16H21FN4S2/c1-12-19-20-16(23-12)22-11-8-18-14-6-9-21(10-7-14)15-4-2-13(17)3-5-15/h2-5,14,18H,6-11H2,1H3. The summed E-state index contributed by atoms with van der Waals surface area (Å²) >= 11 is 3.42. The quantitative estimate of drug-likeness (QED) is 0.638. The second-order valence-corrected chi connectivity index (χ2v) is 8.15. The van der Waals surface area contributed by atoms with E-state index in [0.29, 0.717) is 6.04 Å². The van der Waals surface area contributed by atoms with Crippen LogP contribution in [0.15, 0.2) is 28.6 Å². The van der Waals surface area contributed by atoms with Crippen LogP contribution in [0.3, 0.4) is 0 Å². The van der Waals surface area contributed by atoms with E-state index in [-0.39, 0.29) is 5.82 Å². The van der Waals surface area contributed by atoms with Crippen molar-refractivity contribution in [3.8, 4) is 0 Å². The van der Waals surface area contributed by atoms with Crippen LogP contribution in [0.5, 0.6) is 0 Å². The topological polar surface area (TPSA) is 41.1 Å². The molecule has 0 radical (unpaired) electrons. The van der Waals surface area contributed by atoms with Gasteiger partial charge < -0.3 is 10.2 Å². The second-order valence-electron chi connectivity index (χ2n) is 5.63. The van der Waals surface area contributed by atoms with E-state index in [4.69, 9.17) is 0 Å². The number of hydrogen-bond acceptors (Lipinski definition) is 6. The number of aromatic nitrogens is 2. The SMILES string of the molecule is Cc1nnc(SCCNC2CCN(c3ccc(F)cc3)CC2)s1. The highest BCUT2D eigenvalue weighted by Crippen LogP contribution is 2.22. The Morgan fingerprint density at radius 2 is 2.00 bits per heavy atom. The Morgan fingerprint density at radius 1 is 1.26 bits per heavy atom. The maximum Gasteiger partial charge on any atom is 0.174 e. The number of nitrogens with zero attached hydrogens (tertiary/aromatic N) is 3. The fraction of sp³-hybridized carbons (Fsp3) is 0.500. The zero-order valence-corrected chi connectivity index (χ0v) is 14.8. The van der Waals surface area contributed by atoms with E-state index in [1.807, 2.05) is 19.1 Å². The van der Waals surface area contributed by atoms with Crippen LogP contribution in [0, 0.1) is 12.7 Å². The Balaban J connectivity index is 1.35. The minimum absolute atomic E-state index is 0.173. The maximum absolute atomic E-state index is 13.0. The number of hydrogen-bond donors (Lipinski definition) is 1. The number of halogens is 1. The summed E-state index contributed by atoms with van der Waals surface area (Å²) in [4.78, 5) is 2.33. The van der Waals surface area contributed by atoms with E-state index < -0.39 is 0 Å². The third-order valence-corrected chi connectivity index (χ3v) is 5.93. The Hall–Kier alpha value is -1.18. The summed E-state index contributed by atoms with van der Waals surface area (Å²) < 4.78 is 14.0. The van der Waals surface area contributed by atoms with Crippen LogP contribution in [0.2, 0.25) is 0 Å². The molecule has 1 fully saturated rings. The molecule has 1 aliphatic heterocycles. The molecular weight excluding hydrogens is 331 g/mol. The van der Waals surface area contributed by atoms with Crippen molar-refractivity contribution in [2.24, 2.45) is 0 Å². The summed E-state index contributed by atoms with van der Waals surface area (Å²) in [5, 5.41) is 12.8. The Morgan fingerprint density at radius 3 is 2.65 bits per heavy atom. The van der Waals surface area contributed by atoms with E-state index in [1.54, 1.807) is 23.1 Å². The van der Waals surface area contributed by atoms with Gasteiger partial charge in [-0.15, -0.1) is 10.2 Å². The van der Waals surface area contributed by atoms with Crippen molar-refractivity contribution in [1.82, 2.24) is 15.5 Å². The minimum Gasteiger partial charge on any atom is -0.371 e. The van der Waals surface area contributed by atoms with Gasteiger partial charge in [0.15, 0.2) is 4.34 Å². The molecule has 1 saturated heterocycles. The zero-order valence-electron chi connectivity index (χ0n) is 13.2. The lowest BCUT2D eigenvalue weighted by Crippen LogP contribution is -2.43. The molecule has 0 saturated carbocycles. The fourth-order valence-corrected chi connectivity index (χ4v) is 4.49. The molecule has 0 unspecified atom stereocenters. The van der Waals surface area contributed by atoms with Crippen molar-refractivity contribution in [3.05, 3.63) is 35.1 Å². The summed E-state index contributed by atoms with van der Waals surface area (Å²) in [5.41, 5.74) is 1.12. The lowest BCUT2D eigenvalue weighted by Gasteiger charge is -2.34. The molecular formula is C16H21FN4S2. The summed E-state index contributed by atoms with van der Waals surface area (Å²) in [6, 6.07) is 7.37. The second kappa shape index (κ2) is 8.08. The van der Waals surface area contributed by atoms with Gasteiger partial charge in [0.05, 0.1) is 0 Å². The highest BCUT2D eigenvalue weighted by atomic mass is 32.2. The van der Waals surface area contributed by atoms with Gasteiger partial charge in [0.1, 0.15) is 10.8 Å². The molecule has 0 atom stereocenters. The fourth-order valence-electron chi connectivity index (χ4n) is 2.73. The van der Waals surface area contributed by atoms with Crippen LogP contribution in [0.4, 0.5) is 10.1 Å². The smallest absolute Gasteiger partial charge is 0.174 e. The van der Waals surface area contributed by atoms with Gasteiger partial charge in [0.25, 0.3) is 0 Å². The molecule has 2 heterocycles. The molecule has 7 heteroatoms. The first-order chi connectivity index (χ1) is 11.2. The van der Waals surface area contributed by atoms with E-state index in [0.717, 1.165) is 53.3 Å². The maximum atomic E-state index is 13.0. The van der Waals surface area contributed by atoms with Gasteiger partial charge in [-0.25, -0.2) is 4.39 Å². The van der Waals surface area contributed by atoms with Crippen LogP contribution in [0.1, 0.15) is 17.8 Å². The lowest BCUT2D eigenvalue weighted by atomic mass is 10.0. The molecule has 1 aromatic heterocycles. The van der Waals surface area contributed by atoms with Gasteiger partial charge >= 0.3 is 0 Å². The van der Waals surface area contributed by atoms with Gasteiger partial charge in [-0.2, -0.15) is 0 Å². The third-order valence-electron chi connectivity index (χ3n) is 3.95.